The largest absolute Gasteiger partial charge is 0.497 e. The van der Waals surface area contributed by atoms with Gasteiger partial charge in [-0.05, 0) is 39.0 Å². The number of alkyl halides is 3. The Hall–Kier alpha value is -3.08. The minimum atomic E-state index is -4.88. The number of nitrogens with one attached hydrogen (secondary N) is 1. The fourth-order valence-electron chi connectivity index (χ4n) is 2.62. The Labute approximate surface area is 189 Å². The zero-order valence-electron chi connectivity index (χ0n) is 18.9. The van der Waals surface area contributed by atoms with Crippen molar-refractivity contribution in [3.8, 4) is 17.4 Å². The van der Waals surface area contributed by atoms with E-state index in [1.54, 1.807) is 6.07 Å². The molecule has 1 aromatic carbocycles. The van der Waals surface area contributed by atoms with Gasteiger partial charge >= 0.3 is 12.1 Å². The van der Waals surface area contributed by atoms with Gasteiger partial charge in [0, 0.05) is 18.2 Å². The van der Waals surface area contributed by atoms with Gasteiger partial charge in [0.1, 0.15) is 35.6 Å². The summed E-state index contributed by atoms with van der Waals surface area (Å²) in [6.07, 6.45) is -5.26. The van der Waals surface area contributed by atoms with Crippen LogP contribution in [0.1, 0.15) is 36.7 Å². The summed E-state index contributed by atoms with van der Waals surface area (Å²) in [6.45, 7) is 5.20. The Kier molecular flexibility index (Phi) is 8.48. The summed E-state index contributed by atoms with van der Waals surface area (Å²) < 4.78 is 73.9. The third-order valence-corrected chi connectivity index (χ3v) is 4.25. The molecule has 1 heterocycles. The van der Waals surface area contributed by atoms with Crippen LogP contribution in [0.25, 0.3) is 0 Å². The molecule has 0 saturated carbocycles. The minimum Gasteiger partial charge on any atom is -0.497 e. The number of carbonyl (C=O) groups excluding carboxylic acids is 1. The Morgan fingerprint density at radius 2 is 1.67 bits per heavy atom. The molecule has 0 spiro atoms. The summed E-state index contributed by atoms with van der Waals surface area (Å²) in [5.41, 5.74) is -1.63. The first-order valence-corrected chi connectivity index (χ1v) is 9.87. The molecule has 33 heavy (non-hydrogen) atoms. The summed E-state index contributed by atoms with van der Waals surface area (Å²) in [5, 5.41) is 3.10. The van der Waals surface area contributed by atoms with Crippen LogP contribution in [0.2, 0.25) is 0 Å². The summed E-state index contributed by atoms with van der Waals surface area (Å²) in [7, 11) is 2.84. The van der Waals surface area contributed by atoms with Crippen molar-refractivity contribution in [2.45, 2.75) is 38.6 Å². The van der Waals surface area contributed by atoms with Gasteiger partial charge in [-0.15, -0.1) is 0 Å². The fourth-order valence-corrected chi connectivity index (χ4v) is 2.62. The number of halogens is 4. The highest BCUT2D eigenvalue weighted by Gasteiger charge is 2.36. The van der Waals surface area contributed by atoms with Gasteiger partial charge in [-0.2, -0.15) is 13.2 Å². The first kappa shape index (κ1) is 26.2. The van der Waals surface area contributed by atoms with E-state index in [0.717, 1.165) is 0 Å². The maximum atomic E-state index is 13.3. The number of esters is 1. The van der Waals surface area contributed by atoms with Crippen LogP contribution in [0.3, 0.4) is 0 Å². The van der Waals surface area contributed by atoms with Crippen molar-refractivity contribution in [3.63, 3.8) is 0 Å². The fraction of sp³-hybridized carbons (Fsp3) is 0.455. The topological polar surface area (TPSA) is 78.9 Å². The zero-order chi connectivity index (χ0) is 24.8. The summed E-state index contributed by atoms with van der Waals surface area (Å²) >= 11 is 0. The normalized spacial score (nSPS) is 12.8. The van der Waals surface area contributed by atoms with Crippen LogP contribution >= 0.6 is 0 Å². The molecule has 0 aliphatic heterocycles. The van der Waals surface area contributed by atoms with E-state index in [9.17, 15) is 22.4 Å². The lowest BCUT2D eigenvalue weighted by molar-refractivity contribution is -0.139. The van der Waals surface area contributed by atoms with Gasteiger partial charge in [-0.1, -0.05) is 0 Å². The highest BCUT2D eigenvalue weighted by molar-refractivity contribution is 5.90. The quantitative estimate of drug-likeness (QED) is 0.430. The Morgan fingerprint density at radius 1 is 1.06 bits per heavy atom. The molecule has 0 saturated heterocycles. The van der Waals surface area contributed by atoms with E-state index in [4.69, 9.17) is 18.9 Å². The number of carbonyl (C=O) groups is 1. The van der Waals surface area contributed by atoms with E-state index in [2.05, 4.69) is 10.3 Å². The van der Waals surface area contributed by atoms with Crippen LogP contribution in [0.15, 0.2) is 30.5 Å². The van der Waals surface area contributed by atoms with Gasteiger partial charge < -0.3 is 24.3 Å². The van der Waals surface area contributed by atoms with Crippen LogP contribution in [-0.2, 0) is 10.9 Å². The zero-order valence-corrected chi connectivity index (χ0v) is 18.9. The van der Waals surface area contributed by atoms with E-state index in [-0.39, 0.29) is 17.6 Å². The minimum absolute atomic E-state index is 0.0683. The number of pyridine rings is 1. The van der Waals surface area contributed by atoms with Crippen LogP contribution < -0.4 is 19.5 Å². The van der Waals surface area contributed by atoms with Gasteiger partial charge in [0.05, 0.1) is 26.0 Å². The molecular weight excluding hydrogens is 448 g/mol. The van der Waals surface area contributed by atoms with Crippen molar-refractivity contribution in [2.75, 3.05) is 27.4 Å². The number of rotatable bonds is 9. The number of benzene rings is 1. The molecule has 1 atom stereocenters. The molecule has 0 radical (unpaired) electrons. The number of hydrogen-bond donors (Lipinski definition) is 1. The Bertz CT molecular complexity index is 939. The monoisotopic (exact) mass is 474 g/mol. The maximum Gasteiger partial charge on any atom is 0.421 e. The van der Waals surface area contributed by atoms with E-state index >= 15 is 0 Å². The second-order valence-electron chi connectivity index (χ2n) is 8.07. The molecule has 0 fully saturated rings. The average Bonchev–Trinajstić information content (AvgIpc) is 2.74. The van der Waals surface area contributed by atoms with Gasteiger partial charge in [0.15, 0.2) is 0 Å². The molecule has 0 aliphatic rings. The van der Waals surface area contributed by atoms with E-state index in [0.29, 0.717) is 23.8 Å². The summed E-state index contributed by atoms with van der Waals surface area (Å²) in [5.74, 6) is -2.03. The van der Waals surface area contributed by atoms with Crippen molar-refractivity contribution in [1.29, 1.82) is 0 Å². The molecule has 0 bridgehead atoms. The van der Waals surface area contributed by atoms with Gasteiger partial charge in [-0.25, -0.2) is 14.2 Å². The smallest absolute Gasteiger partial charge is 0.421 e. The average molecular weight is 474 g/mol. The number of ether oxygens (including phenoxy) is 4. The first-order valence-electron chi connectivity index (χ1n) is 9.87. The molecular formula is C22H26F4N2O5. The van der Waals surface area contributed by atoms with Crippen molar-refractivity contribution < 1.29 is 41.3 Å². The maximum absolute atomic E-state index is 13.3. The Morgan fingerprint density at radius 3 is 2.18 bits per heavy atom. The highest BCUT2D eigenvalue weighted by Crippen LogP contribution is 2.35. The number of nitrogens with zero attached hydrogens (tertiary/aromatic N) is 1. The molecule has 11 heteroatoms. The van der Waals surface area contributed by atoms with E-state index in [1.165, 1.54) is 26.4 Å². The molecule has 7 nitrogen and oxygen atoms in total. The molecule has 0 aliphatic carbocycles. The van der Waals surface area contributed by atoms with Crippen LogP contribution in [0, 0.1) is 5.82 Å². The lowest BCUT2D eigenvalue weighted by Gasteiger charge is -2.25. The van der Waals surface area contributed by atoms with Crippen LogP contribution in [0.4, 0.5) is 17.6 Å². The predicted octanol–water partition coefficient (Wildman–Crippen LogP) is 4.25. The first-order chi connectivity index (χ1) is 15.3. The molecule has 1 unspecified atom stereocenters. The van der Waals surface area contributed by atoms with Gasteiger partial charge in [0.2, 0.25) is 5.88 Å². The van der Waals surface area contributed by atoms with Crippen molar-refractivity contribution >= 4 is 5.97 Å². The molecule has 182 valence electrons. The van der Waals surface area contributed by atoms with Crippen molar-refractivity contribution in [2.24, 2.45) is 0 Å². The second-order valence-corrected chi connectivity index (χ2v) is 8.07. The van der Waals surface area contributed by atoms with E-state index < -0.39 is 42.1 Å². The molecule has 2 aromatic rings. The summed E-state index contributed by atoms with van der Waals surface area (Å²) in [4.78, 5) is 16.1. The van der Waals surface area contributed by atoms with Crippen molar-refractivity contribution in [1.82, 2.24) is 10.3 Å². The van der Waals surface area contributed by atoms with Crippen LogP contribution in [0.5, 0.6) is 17.4 Å². The predicted molar refractivity (Wildman–Crippen MR) is 111 cm³/mol. The lowest BCUT2D eigenvalue weighted by atomic mass is 10.1. The van der Waals surface area contributed by atoms with Crippen LogP contribution in [-0.4, -0.2) is 50.0 Å². The highest BCUT2D eigenvalue weighted by atomic mass is 19.4. The second kappa shape index (κ2) is 10.7. The molecule has 1 N–H and O–H groups in total. The molecule has 2 rings (SSSR count). The lowest BCUT2D eigenvalue weighted by Crippen LogP contribution is -2.44. The molecule has 1 aromatic heterocycles. The third kappa shape index (κ3) is 8.08. The third-order valence-electron chi connectivity index (χ3n) is 4.25. The number of hydrogen-bond acceptors (Lipinski definition) is 7. The Balaban J connectivity index is 2.23. The number of aromatic nitrogens is 1. The van der Waals surface area contributed by atoms with E-state index in [1.807, 2.05) is 20.8 Å². The van der Waals surface area contributed by atoms with Crippen molar-refractivity contribution in [3.05, 3.63) is 47.4 Å². The number of methoxy groups -OCH3 is 2. The standard InChI is InChI=1S/C22H26F4N2O5/c1-21(2,3)28-11-17(12-32-19-18(22(24,25)26)8-14(23)10-27-19)33-20(29)13-6-15(30-4)9-16(7-13)31-5/h6-10,17,28H,11-12H2,1-5H3. The SMILES string of the molecule is COc1cc(OC)cc(C(=O)OC(CNC(C)(C)C)COc2ncc(F)cc2C(F)(F)F)c1. The molecule has 0 amide bonds. The summed E-state index contributed by atoms with van der Waals surface area (Å²) in [6, 6.07) is 4.73. The van der Waals surface area contributed by atoms with Gasteiger partial charge in [0.25, 0.3) is 0 Å². The van der Waals surface area contributed by atoms with Gasteiger partial charge in [-0.3, -0.25) is 0 Å².